The molecule has 0 aromatic heterocycles. The lowest BCUT2D eigenvalue weighted by atomic mass is 10.1. The second kappa shape index (κ2) is 8.22. The van der Waals surface area contributed by atoms with Crippen LogP contribution >= 0.6 is 23.4 Å². The lowest BCUT2D eigenvalue weighted by Gasteiger charge is -2.21. The van der Waals surface area contributed by atoms with Crippen molar-refractivity contribution in [1.82, 2.24) is 4.31 Å². The molecule has 158 valence electrons. The number of nitrogens with zero attached hydrogens (tertiary/aromatic N) is 1. The van der Waals surface area contributed by atoms with Gasteiger partial charge in [-0.25, -0.2) is 8.42 Å². The van der Waals surface area contributed by atoms with E-state index in [9.17, 15) is 18.0 Å². The lowest BCUT2D eigenvalue weighted by Crippen LogP contribution is -2.28. The van der Waals surface area contributed by atoms with Gasteiger partial charge < -0.3 is 10.6 Å². The molecule has 2 aliphatic rings. The molecule has 4 rings (SSSR count). The van der Waals surface area contributed by atoms with E-state index in [0.717, 1.165) is 17.7 Å². The van der Waals surface area contributed by atoms with Gasteiger partial charge in [-0.05, 0) is 56.2 Å². The minimum absolute atomic E-state index is 0.0340. The van der Waals surface area contributed by atoms with Gasteiger partial charge in [-0.3, -0.25) is 9.59 Å². The summed E-state index contributed by atoms with van der Waals surface area (Å²) in [6, 6.07) is 9.46. The second-order valence-electron chi connectivity index (χ2n) is 7.17. The summed E-state index contributed by atoms with van der Waals surface area (Å²) in [6.45, 7) is 2.80. The van der Waals surface area contributed by atoms with Crippen molar-refractivity contribution in [3.05, 3.63) is 47.0 Å². The highest BCUT2D eigenvalue weighted by Gasteiger charge is 2.29. The number of rotatable bonds is 4. The van der Waals surface area contributed by atoms with Crippen LogP contribution in [0.15, 0.2) is 46.2 Å². The number of amides is 2. The third kappa shape index (κ3) is 4.07. The van der Waals surface area contributed by atoms with Crippen molar-refractivity contribution >= 4 is 56.6 Å². The van der Waals surface area contributed by atoms with Crippen LogP contribution in [0.2, 0.25) is 5.02 Å². The van der Waals surface area contributed by atoms with Crippen LogP contribution in [0.25, 0.3) is 0 Å². The van der Waals surface area contributed by atoms with Gasteiger partial charge >= 0.3 is 0 Å². The minimum Gasteiger partial charge on any atom is -0.324 e. The molecule has 0 saturated carbocycles. The van der Waals surface area contributed by atoms with Gasteiger partial charge in [-0.2, -0.15) is 4.31 Å². The summed E-state index contributed by atoms with van der Waals surface area (Å²) >= 11 is 7.68. The molecule has 1 fully saturated rings. The fourth-order valence-corrected chi connectivity index (χ4v) is 6.37. The monoisotopic (exact) mass is 465 g/mol. The molecule has 2 aliphatic heterocycles. The molecular weight excluding hydrogens is 446 g/mol. The number of thioether (sulfide) groups is 1. The van der Waals surface area contributed by atoms with Crippen LogP contribution in [-0.2, 0) is 14.8 Å². The zero-order chi connectivity index (χ0) is 21.5. The maximum absolute atomic E-state index is 12.7. The molecule has 0 spiro atoms. The predicted molar refractivity (Wildman–Crippen MR) is 118 cm³/mol. The molecule has 2 aromatic carbocycles. The Bertz CT molecular complexity index is 1130. The van der Waals surface area contributed by atoms with E-state index in [4.69, 9.17) is 11.6 Å². The third-order valence-electron chi connectivity index (χ3n) is 5.05. The van der Waals surface area contributed by atoms with Gasteiger partial charge in [0.2, 0.25) is 15.9 Å². The molecule has 1 saturated heterocycles. The minimum atomic E-state index is -3.64. The molecule has 1 atom stereocenters. The van der Waals surface area contributed by atoms with Crippen molar-refractivity contribution in [2.75, 3.05) is 23.7 Å². The van der Waals surface area contributed by atoms with Crippen LogP contribution in [0.5, 0.6) is 0 Å². The normalized spacial score (nSPS) is 19.3. The maximum Gasteiger partial charge on any atom is 0.255 e. The third-order valence-corrected chi connectivity index (χ3v) is 8.60. The van der Waals surface area contributed by atoms with Gasteiger partial charge in [-0.15, -0.1) is 11.8 Å². The van der Waals surface area contributed by atoms with Crippen molar-refractivity contribution in [2.24, 2.45) is 0 Å². The van der Waals surface area contributed by atoms with E-state index in [1.807, 2.05) is 6.92 Å². The van der Waals surface area contributed by atoms with Crippen LogP contribution in [0.4, 0.5) is 11.4 Å². The molecule has 30 heavy (non-hydrogen) atoms. The fourth-order valence-electron chi connectivity index (χ4n) is 3.41. The number of anilines is 2. The number of nitrogens with one attached hydrogen (secondary N) is 2. The average molecular weight is 466 g/mol. The standard InChI is InChI=1S/C20H20ClN3O4S2/c1-12-19(25)23-16-10-13(4-6-17(16)29-12)20(26)22-14-5-7-18(15(21)11-14)30(27,28)24-8-2-3-9-24/h4-7,10-12H,2-3,8-9H2,1H3,(H,22,26)(H,23,25). The summed E-state index contributed by atoms with van der Waals surface area (Å²) in [5.41, 5.74) is 1.35. The van der Waals surface area contributed by atoms with Crippen LogP contribution < -0.4 is 10.6 Å². The molecule has 0 bridgehead atoms. The first-order chi connectivity index (χ1) is 14.3. The number of hydrogen-bond acceptors (Lipinski definition) is 5. The number of halogens is 1. The van der Waals surface area contributed by atoms with Gasteiger partial charge in [0.1, 0.15) is 4.90 Å². The molecule has 1 unspecified atom stereocenters. The Hall–Kier alpha value is -2.07. The van der Waals surface area contributed by atoms with Crippen molar-refractivity contribution in [2.45, 2.75) is 34.8 Å². The Labute approximate surface area is 184 Å². The lowest BCUT2D eigenvalue weighted by molar-refractivity contribution is -0.115. The van der Waals surface area contributed by atoms with E-state index in [-0.39, 0.29) is 27.0 Å². The molecule has 2 aromatic rings. The number of fused-ring (bicyclic) bond motifs is 1. The smallest absolute Gasteiger partial charge is 0.255 e. The van der Waals surface area contributed by atoms with Crippen LogP contribution in [0.3, 0.4) is 0 Å². The average Bonchev–Trinajstić information content (AvgIpc) is 3.24. The molecule has 2 N–H and O–H groups in total. The Kier molecular flexibility index (Phi) is 5.80. The summed E-state index contributed by atoms with van der Waals surface area (Å²) in [5.74, 6) is -0.492. The van der Waals surface area contributed by atoms with E-state index in [1.165, 1.54) is 34.3 Å². The molecule has 2 heterocycles. The van der Waals surface area contributed by atoms with Crippen molar-refractivity contribution in [3.63, 3.8) is 0 Å². The van der Waals surface area contributed by atoms with E-state index in [2.05, 4.69) is 10.6 Å². The van der Waals surface area contributed by atoms with Gasteiger partial charge in [0.15, 0.2) is 0 Å². The van der Waals surface area contributed by atoms with Crippen LogP contribution in [0, 0.1) is 0 Å². The number of carbonyl (C=O) groups excluding carboxylic acids is 2. The van der Waals surface area contributed by atoms with Gasteiger partial charge in [0.05, 0.1) is 16.0 Å². The summed E-state index contributed by atoms with van der Waals surface area (Å²) < 4.78 is 26.9. The highest BCUT2D eigenvalue weighted by Crippen LogP contribution is 2.36. The quantitative estimate of drug-likeness (QED) is 0.715. The van der Waals surface area contributed by atoms with E-state index >= 15 is 0 Å². The zero-order valence-electron chi connectivity index (χ0n) is 16.1. The number of sulfonamides is 1. The van der Waals surface area contributed by atoms with E-state index in [0.29, 0.717) is 30.0 Å². The molecule has 7 nitrogen and oxygen atoms in total. The van der Waals surface area contributed by atoms with Gasteiger partial charge in [-0.1, -0.05) is 11.6 Å². The molecule has 10 heteroatoms. The number of hydrogen-bond donors (Lipinski definition) is 2. The number of benzene rings is 2. The van der Waals surface area contributed by atoms with Gasteiger partial charge in [0, 0.05) is 29.2 Å². The summed E-state index contributed by atoms with van der Waals surface area (Å²) in [5, 5.41) is 5.39. The number of carbonyl (C=O) groups is 2. The first-order valence-corrected chi connectivity index (χ1v) is 12.2. The van der Waals surface area contributed by atoms with E-state index in [1.54, 1.807) is 18.2 Å². The first kappa shape index (κ1) is 21.2. The molecule has 2 amide bonds. The summed E-state index contributed by atoms with van der Waals surface area (Å²) in [4.78, 5) is 25.5. The molecule has 0 aliphatic carbocycles. The first-order valence-electron chi connectivity index (χ1n) is 9.48. The van der Waals surface area contributed by atoms with Crippen molar-refractivity contribution in [3.8, 4) is 0 Å². The highest BCUT2D eigenvalue weighted by atomic mass is 35.5. The Balaban J connectivity index is 1.52. The fraction of sp³-hybridized carbons (Fsp3) is 0.300. The van der Waals surface area contributed by atoms with E-state index < -0.39 is 10.0 Å². The molecular formula is C20H20ClN3O4S2. The Morgan fingerprint density at radius 1 is 1.20 bits per heavy atom. The summed E-state index contributed by atoms with van der Waals surface area (Å²) in [7, 11) is -3.64. The predicted octanol–water partition coefficient (Wildman–Crippen LogP) is 3.81. The van der Waals surface area contributed by atoms with Crippen LogP contribution in [0.1, 0.15) is 30.1 Å². The topological polar surface area (TPSA) is 95.6 Å². The SMILES string of the molecule is CC1Sc2ccc(C(=O)Nc3ccc(S(=O)(=O)N4CCCC4)c(Cl)c3)cc2NC1=O. The largest absolute Gasteiger partial charge is 0.324 e. The highest BCUT2D eigenvalue weighted by molar-refractivity contribution is 8.01. The second-order valence-corrected chi connectivity index (χ2v) is 10.9. The van der Waals surface area contributed by atoms with Crippen molar-refractivity contribution < 1.29 is 18.0 Å². The van der Waals surface area contributed by atoms with Gasteiger partial charge in [0.25, 0.3) is 5.91 Å². The van der Waals surface area contributed by atoms with Crippen molar-refractivity contribution in [1.29, 1.82) is 0 Å². The summed E-state index contributed by atoms with van der Waals surface area (Å²) in [6.07, 6.45) is 1.67. The maximum atomic E-state index is 12.7. The Morgan fingerprint density at radius 2 is 1.93 bits per heavy atom. The Morgan fingerprint density at radius 3 is 2.63 bits per heavy atom. The molecule has 0 radical (unpaired) electrons. The zero-order valence-corrected chi connectivity index (χ0v) is 18.5. The van der Waals surface area contributed by atoms with Crippen LogP contribution in [-0.4, -0.2) is 42.9 Å².